The molecule has 3 rings (SSSR count). The van der Waals surface area contributed by atoms with Crippen LogP contribution in [0, 0.1) is 6.92 Å². The highest BCUT2D eigenvalue weighted by atomic mass is 79.9. The van der Waals surface area contributed by atoms with Gasteiger partial charge in [0.2, 0.25) is 5.76 Å². The number of hydrogen-bond donors (Lipinski definition) is 1. The number of nitrogens with zero attached hydrogens (tertiary/aromatic N) is 3. The van der Waals surface area contributed by atoms with Gasteiger partial charge < -0.3 is 9.84 Å². The summed E-state index contributed by atoms with van der Waals surface area (Å²) in [5.74, 6) is 0.0884. The van der Waals surface area contributed by atoms with Crippen LogP contribution in [0.25, 0.3) is 10.6 Å². The standard InChI is InChI=1S/C13H9BrN4O2S/c1-7-6-9(20-18-7)13(19)15-12-5-2-8(16-17-12)10-3-4-11(14)21-10/h2-6H,1H3,(H,15,17,19). The molecule has 106 valence electrons. The van der Waals surface area contributed by atoms with E-state index in [0.29, 0.717) is 11.5 Å². The maximum atomic E-state index is 11.9. The van der Waals surface area contributed by atoms with Crippen LogP contribution in [0.3, 0.4) is 0 Å². The van der Waals surface area contributed by atoms with Crippen molar-refractivity contribution in [3.8, 4) is 10.6 Å². The third kappa shape index (κ3) is 3.17. The quantitative estimate of drug-likeness (QED) is 0.768. The Balaban J connectivity index is 1.74. The Hall–Kier alpha value is -2.06. The van der Waals surface area contributed by atoms with Crippen LogP contribution >= 0.6 is 27.3 Å². The number of thiophene rings is 1. The van der Waals surface area contributed by atoms with E-state index in [1.807, 2.05) is 12.1 Å². The molecule has 3 aromatic rings. The average Bonchev–Trinajstić information content (AvgIpc) is 3.08. The lowest BCUT2D eigenvalue weighted by Crippen LogP contribution is -2.12. The number of amides is 1. The monoisotopic (exact) mass is 364 g/mol. The van der Waals surface area contributed by atoms with Crippen LogP contribution in [0.4, 0.5) is 5.82 Å². The lowest BCUT2D eigenvalue weighted by molar-refractivity contribution is 0.0987. The molecule has 0 bridgehead atoms. The van der Waals surface area contributed by atoms with Gasteiger partial charge in [0.1, 0.15) is 5.69 Å². The number of aryl methyl sites for hydroxylation is 1. The van der Waals surface area contributed by atoms with E-state index in [4.69, 9.17) is 4.52 Å². The molecule has 21 heavy (non-hydrogen) atoms. The summed E-state index contributed by atoms with van der Waals surface area (Å²) < 4.78 is 5.91. The average molecular weight is 365 g/mol. The van der Waals surface area contributed by atoms with Crippen molar-refractivity contribution < 1.29 is 9.32 Å². The van der Waals surface area contributed by atoms with Gasteiger partial charge in [-0.05, 0) is 47.1 Å². The largest absolute Gasteiger partial charge is 0.351 e. The summed E-state index contributed by atoms with van der Waals surface area (Å²) in [6.45, 7) is 1.74. The van der Waals surface area contributed by atoms with Crippen molar-refractivity contribution in [2.24, 2.45) is 0 Å². The number of nitrogens with one attached hydrogen (secondary N) is 1. The molecule has 0 radical (unpaired) electrons. The predicted octanol–water partition coefficient (Wildman–Crippen LogP) is 3.52. The highest BCUT2D eigenvalue weighted by Gasteiger charge is 2.13. The molecule has 6 nitrogen and oxygen atoms in total. The highest BCUT2D eigenvalue weighted by molar-refractivity contribution is 9.11. The van der Waals surface area contributed by atoms with E-state index < -0.39 is 5.91 Å². The van der Waals surface area contributed by atoms with Crippen molar-refractivity contribution in [1.29, 1.82) is 0 Å². The maximum absolute atomic E-state index is 11.9. The first kappa shape index (κ1) is 13.9. The van der Waals surface area contributed by atoms with E-state index in [-0.39, 0.29) is 5.76 Å². The van der Waals surface area contributed by atoms with Crippen molar-refractivity contribution in [2.75, 3.05) is 5.32 Å². The Bertz CT molecular complexity index is 782. The first-order valence-electron chi connectivity index (χ1n) is 5.96. The zero-order valence-corrected chi connectivity index (χ0v) is 13.2. The molecule has 0 unspecified atom stereocenters. The zero-order chi connectivity index (χ0) is 14.8. The van der Waals surface area contributed by atoms with Gasteiger partial charge >= 0.3 is 0 Å². The molecule has 0 aliphatic rings. The molecule has 0 aliphatic carbocycles. The van der Waals surface area contributed by atoms with Gasteiger partial charge in [0.05, 0.1) is 14.4 Å². The van der Waals surface area contributed by atoms with Gasteiger partial charge in [-0.1, -0.05) is 5.16 Å². The van der Waals surface area contributed by atoms with Gasteiger partial charge in [-0.3, -0.25) is 4.79 Å². The van der Waals surface area contributed by atoms with Gasteiger partial charge in [-0.2, -0.15) is 0 Å². The van der Waals surface area contributed by atoms with E-state index in [0.717, 1.165) is 14.4 Å². The fraction of sp³-hybridized carbons (Fsp3) is 0.0769. The van der Waals surface area contributed by atoms with Crippen LogP contribution in [0.2, 0.25) is 0 Å². The number of aromatic nitrogens is 3. The summed E-state index contributed by atoms with van der Waals surface area (Å²) in [6.07, 6.45) is 0. The molecule has 0 atom stereocenters. The molecule has 0 aliphatic heterocycles. The summed E-state index contributed by atoms with van der Waals surface area (Å²) in [7, 11) is 0. The minimum absolute atomic E-state index is 0.139. The molecule has 0 spiro atoms. The summed E-state index contributed by atoms with van der Waals surface area (Å²) in [4.78, 5) is 12.9. The molecule has 3 aromatic heterocycles. The van der Waals surface area contributed by atoms with Gasteiger partial charge in [0.25, 0.3) is 5.91 Å². The molecule has 1 amide bonds. The number of anilines is 1. The second-order valence-corrected chi connectivity index (χ2v) is 6.66. The van der Waals surface area contributed by atoms with E-state index in [2.05, 4.69) is 36.6 Å². The molecule has 0 aromatic carbocycles. The summed E-state index contributed by atoms with van der Waals surface area (Å²) in [5, 5.41) is 14.3. The molecule has 3 heterocycles. The molecule has 8 heteroatoms. The minimum atomic E-state index is -0.406. The van der Waals surface area contributed by atoms with E-state index >= 15 is 0 Å². The number of hydrogen-bond acceptors (Lipinski definition) is 6. The van der Waals surface area contributed by atoms with Gasteiger partial charge in [0, 0.05) is 6.07 Å². The molecule has 1 N–H and O–H groups in total. The SMILES string of the molecule is Cc1cc(C(=O)Nc2ccc(-c3ccc(Br)s3)nn2)on1. The summed E-state index contributed by atoms with van der Waals surface area (Å²) >= 11 is 4.97. The highest BCUT2D eigenvalue weighted by Crippen LogP contribution is 2.29. The number of carbonyl (C=O) groups excluding carboxylic acids is 1. The topological polar surface area (TPSA) is 80.9 Å². The maximum Gasteiger partial charge on any atom is 0.295 e. The van der Waals surface area contributed by atoms with Crippen LogP contribution < -0.4 is 5.32 Å². The summed E-state index contributed by atoms with van der Waals surface area (Å²) in [5.41, 5.74) is 1.39. The fourth-order valence-electron chi connectivity index (χ4n) is 1.63. The Morgan fingerprint density at radius 3 is 2.71 bits per heavy atom. The van der Waals surface area contributed by atoms with Crippen LogP contribution in [-0.2, 0) is 0 Å². The zero-order valence-electron chi connectivity index (χ0n) is 10.8. The molecular weight excluding hydrogens is 356 g/mol. The minimum Gasteiger partial charge on any atom is -0.351 e. The predicted molar refractivity (Wildman–Crippen MR) is 82.2 cm³/mol. The van der Waals surface area contributed by atoms with Crippen LogP contribution in [0.1, 0.15) is 16.2 Å². The molecule has 0 saturated carbocycles. The first-order valence-corrected chi connectivity index (χ1v) is 7.57. The van der Waals surface area contributed by atoms with Crippen molar-refractivity contribution >= 4 is 39.0 Å². The molecule has 0 saturated heterocycles. The number of rotatable bonds is 3. The van der Waals surface area contributed by atoms with Crippen LogP contribution in [0.15, 0.2) is 38.6 Å². The van der Waals surface area contributed by atoms with E-state index in [9.17, 15) is 4.79 Å². The van der Waals surface area contributed by atoms with E-state index in [1.54, 1.807) is 36.5 Å². The van der Waals surface area contributed by atoms with Gasteiger partial charge in [-0.15, -0.1) is 21.5 Å². The van der Waals surface area contributed by atoms with Crippen molar-refractivity contribution in [2.45, 2.75) is 6.92 Å². The number of halogens is 1. The lowest BCUT2D eigenvalue weighted by Gasteiger charge is -2.01. The normalized spacial score (nSPS) is 10.6. The smallest absolute Gasteiger partial charge is 0.295 e. The van der Waals surface area contributed by atoms with Crippen molar-refractivity contribution in [3.63, 3.8) is 0 Å². The number of carbonyl (C=O) groups is 1. The second-order valence-electron chi connectivity index (χ2n) is 4.19. The fourth-order valence-corrected chi connectivity index (χ4v) is 2.98. The Kier molecular flexibility index (Phi) is 3.80. The Morgan fingerprint density at radius 1 is 1.29 bits per heavy atom. The molecule has 0 fully saturated rings. The second kappa shape index (κ2) is 5.74. The van der Waals surface area contributed by atoms with E-state index in [1.165, 1.54) is 0 Å². The Labute approximate surface area is 132 Å². The summed E-state index contributed by atoms with van der Waals surface area (Å²) in [6, 6.07) is 8.95. The van der Waals surface area contributed by atoms with Crippen LogP contribution in [0.5, 0.6) is 0 Å². The third-order valence-electron chi connectivity index (χ3n) is 2.58. The van der Waals surface area contributed by atoms with Gasteiger partial charge in [-0.25, -0.2) is 0 Å². The lowest BCUT2D eigenvalue weighted by atomic mass is 10.3. The first-order chi connectivity index (χ1) is 10.1. The van der Waals surface area contributed by atoms with Crippen molar-refractivity contribution in [1.82, 2.24) is 15.4 Å². The van der Waals surface area contributed by atoms with Gasteiger partial charge in [0.15, 0.2) is 5.82 Å². The molecular formula is C13H9BrN4O2S. The Morgan fingerprint density at radius 2 is 2.14 bits per heavy atom. The van der Waals surface area contributed by atoms with Crippen LogP contribution in [-0.4, -0.2) is 21.3 Å². The third-order valence-corrected chi connectivity index (χ3v) is 4.23. The van der Waals surface area contributed by atoms with Crippen molar-refractivity contribution in [3.05, 3.63) is 45.6 Å².